The van der Waals surface area contributed by atoms with Crippen molar-refractivity contribution in [1.82, 2.24) is 4.90 Å². The van der Waals surface area contributed by atoms with E-state index in [4.69, 9.17) is 5.73 Å². The van der Waals surface area contributed by atoms with Crippen LogP contribution in [0.3, 0.4) is 0 Å². The average Bonchev–Trinajstić information content (AvgIpc) is 1.98. The van der Waals surface area contributed by atoms with Gasteiger partial charge in [-0.1, -0.05) is 6.92 Å². The lowest BCUT2D eigenvalue weighted by molar-refractivity contribution is 0.0936. The van der Waals surface area contributed by atoms with Crippen molar-refractivity contribution in [2.75, 3.05) is 26.7 Å². The van der Waals surface area contributed by atoms with Gasteiger partial charge >= 0.3 is 0 Å². The highest BCUT2D eigenvalue weighted by molar-refractivity contribution is 4.60. The number of rotatable bonds is 7. The van der Waals surface area contributed by atoms with Gasteiger partial charge in [0.25, 0.3) is 6.43 Å². The first-order chi connectivity index (χ1) is 6.06. The lowest BCUT2D eigenvalue weighted by Gasteiger charge is -2.20. The Balaban J connectivity index is 3.46. The Kier molecular flexibility index (Phi) is 7.09. The van der Waals surface area contributed by atoms with E-state index in [-0.39, 0.29) is 6.54 Å². The molecule has 0 aliphatic rings. The van der Waals surface area contributed by atoms with Crippen LogP contribution < -0.4 is 5.73 Å². The van der Waals surface area contributed by atoms with Gasteiger partial charge in [0, 0.05) is 6.54 Å². The normalized spacial score (nSPS) is 14.1. The molecule has 0 aromatic carbocycles. The molecule has 0 spiro atoms. The molecule has 0 rings (SSSR count). The molecule has 2 N–H and O–H groups in total. The maximum atomic E-state index is 11.9. The van der Waals surface area contributed by atoms with E-state index in [9.17, 15) is 8.78 Å². The van der Waals surface area contributed by atoms with Crippen molar-refractivity contribution in [3.63, 3.8) is 0 Å². The molecule has 0 saturated heterocycles. The van der Waals surface area contributed by atoms with Crippen molar-refractivity contribution in [3.05, 3.63) is 0 Å². The molecule has 0 fully saturated rings. The Morgan fingerprint density at radius 2 is 1.92 bits per heavy atom. The molecule has 80 valence electrons. The van der Waals surface area contributed by atoms with Gasteiger partial charge in [0.15, 0.2) is 0 Å². The van der Waals surface area contributed by atoms with Crippen molar-refractivity contribution >= 4 is 0 Å². The first-order valence-electron chi connectivity index (χ1n) is 4.73. The van der Waals surface area contributed by atoms with Gasteiger partial charge in [0.05, 0.1) is 6.54 Å². The van der Waals surface area contributed by atoms with E-state index in [2.05, 4.69) is 6.92 Å². The Bertz CT molecular complexity index is 120. The van der Waals surface area contributed by atoms with Crippen LogP contribution >= 0.6 is 0 Å². The number of hydrogen-bond donors (Lipinski definition) is 1. The Morgan fingerprint density at radius 1 is 1.31 bits per heavy atom. The third-order valence-corrected chi connectivity index (χ3v) is 1.97. The molecule has 1 atom stereocenters. The van der Waals surface area contributed by atoms with Crippen LogP contribution in [0.15, 0.2) is 0 Å². The van der Waals surface area contributed by atoms with Gasteiger partial charge in [-0.25, -0.2) is 8.78 Å². The SMILES string of the molecule is CC(CCCN)CN(C)CC(F)F. The minimum absolute atomic E-state index is 0.132. The molecule has 1 unspecified atom stereocenters. The van der Waals surface area contributed by atoms with Crippen molar-refractivity contribution in [1.29, 1.82) is 0 Å². The molecule has 0 saturated carbocycles. The van der Waals surface area contributed by atoms with E-state index in [1.54, 1.807) is 11.9 Å². The van der Waals surface area contributed by atoms with Crippen LogP contribution in [0.2, 0.25) is 0 Å². The fourth-order valence-electron chi connectivity index (χ4n) is 1.40. The number of halogens is 2. The topological polar surface area (TPSA) is 29.3 Å². The lowest BCUT2D eigenvalue weighted by atomic mass is 10.1. The molecule has 0 aliphatic carbocycles. The highest BCUT2D eigenvalue weighted by Gasteiger charge is 2.10. The summed E-state index contributed by atoms with van der Waals surface area (Å²) >= 11 is 0. The van der Waals surface area contributed by atoms with Gasteiger partial charge in [-0.15, -0.1) is 0 Å². The summed E-state index contributed by atoms with van der Waals surface area (Å²) in [6.45, 7) is 3.35. The van der Waals surface area contributed by atoms with E-state index >= 15 is 0 Å². The van der Waals surface area contributed by atoms with Crippen molar-refractivity contribution in [3.8, 4) is 0 Å². The second-order valence-electron chi connectivity index (χ2n) is 3.65. The molecular formula is C9H20F2N2. The lowest BCUT2D eigenvalue weighted by Crippen LogP contribution is -2.29. The maximum absolute atomic E-state index is 11.9. The van der Waals surface area contributed by atoms with Crippen LogP contribution in [0, 0.1) is 5.92 Å². The molecule has 13 heavy (non-hydrogen) atoms. The zero-order chi connectivity index (χ0) is 10.3. The molecule has 0 heterocycles. The Morgan fingerprint density at radius 3 is 2.38 bits per heavy atom. The molecule has 0 aliphatic heterocycles. The predicted molar refractivity (Wildman–Crippen MR) is 51.0 cm³/mol. The second kappa shape index (κ2) is 7.21. The summed E-state index contributed by atoms with van der Waals surface area (Å²) in [5.74, 6) is 0.451. The summed E-state index contributed by atoms with van der Waals surface area (Å²) in [6, 6.07) is 0. The van der Waals surface area contributed by atoms with Crippen LogP contribution in [0.25, 0.3) is 0 Å². The maximum Gasteiger partial charge on any atom is 0.251 e. The van der Waals surface area contributed by atoms with E-state index in [0.29, 0.717) is 12.5 Å². The monoisotopic (exact) mass is 194 g/mol. The molecule has 0 radical (unpaired) electrons. The van der Waals surface area contributed by atoms with Crippen LogP contribution in [0.1, 0.15) is 19.8 Å². The number of hydrogen-bond acceptors (Lipinski definition) is 2. The van der Waals surface area contributed by atoms with Gasteiger partial charge in [0.1, 0.15) is 0 Å². The van der Waals surface area contributed by atoms with Crippen molar-refractivity contribution in [2.45, 2.75) is 26.2 Å². The van der Waals surface area contributed by atoms with Crippen molar-refractivity contribution < 1.29 is 8.78 Å². The summed E-state index contributed by atoms with van der Waals surface area (Å²) in [4.78, 5) is 1.67. The molecule has 0 bridgehead atoms. The number of alkyl halides is 2. The van der Waals surface area contributed by atoms with Crippen LogP contribution in [-0.4, -0.2) is 38.0 Å². The minimum Gasteiger partial charge on any atom is -0.330 e. The zero-order valence-electron chi connectivity index (χ0n) is 8.47. The fraction of sp³-hybridized carbons (Fsp3) is 1.00. The quantitative estimate of drug-likeness (QED) is 0.666. The summed E-state index contributed by atoms with van der Waals surface area (Å²) in [7, 11) is 1.73. The highest BCUT2D eigenvalue weighted by Crippen LogP contribution is 2.07. The van der Waals surface area contributed by atoms with Gasteiger partial charge in [0.2, 0.25) is 0 Å². The van der Waals surface area contributed by atoms with Gasteiger partial charge < -0.3 is 10.6 Å². The number of nitrogens with two attached hydrogens (primary N) is 1. The molecule has 0 aromatic rings. The second-order valence-corrected chi connectivity index (χ2v) is 3.65. The van der Waals surface area contributed by atoms with E-state index in [0.717, 1.165) is 19.4 Å². The Hall–Kier alpha value is -0.220. The molecule has 2 nitrogen and oxygen atoms in total. The predicted octanol–water partition coefficient (Wildman–Crippen LogP) is 1.56. The zero-order valence-corrected chi connectivity index (χ0v) is 8.47. The molecular weight excluding hydrogens is 174 g/mol. The standard InChI is InChI=1S/C9H20F2N2/c1-8(4-3-5-12)6-13(2)7-9(10)11/h8-9H,3-7,12H2,1-2H3. The summed E-state index contributed by atoms with van der Waals surface area (Å²) in [6.07, 6.45) is -0.236. The fourth-order valence-corrected chi connectivity index (χ4v) is 1.40. The first-order valence-corrected chi connectivity index (χ1v) is 4.73. The van der Waals surface area contributed by atoms with Crippen LogP contribution in [-0.2, 0) is 0 Å². The minimum atomic E-state index is -2.23. The first kappa shape index (κ1) is 12.8. The van der Waals surface area contributed by atoms with E-state index < -0.39 is 6.43 Å². The van der Waals surface area contributed by atoms with Crippen LogP contribution in [0.4, 0.5) is 8.78 Å². The smallest absolute Gasteiger partial charge is 0.251 e. The summed E-state index contributed by atoms with van der Waals surface area (Å²) < 4.78 is 23.9. The van der Waals surface area contributed by atoms with E-state index in [1.807, 2.05) is 0 Å². The van der Waals surface area contributed by atoms with Gasteiger partial charge in [-0.3, -0.25) is 0 Å². The van der Waals surface area contributed by atoms with Gasteiger partial charge in [-0.2, -0.15) is 0 Å². The summed E-state index contributed by atoms with van der Waals surface area (Å²) in [5.41, 5.74) is 5.35. The van der Waals surface area contributed by atoms with Crippen LogP contribution in [0.5, 0.6) is 0 Å². The highest BCUT2D eigenvalue weighted by atomic mass is 19.3. The van der Waals surface area contributed by atoms with E-state index in [1.165, 1.54) is 0 Å². The molecule has 4 heteroatoms. The molecule has 0 aromatic heterocycles. The molecule has 0 amide bonds. The number of nitrogens with zero attached hydrogens (tertiary/aromatic N) is 1. The van der Waals surface area contributed by atoms with Crippen molar-refractivity contribution in [2.24, 2.45) is 11.7 Å². The Labute approximate surface area is 79.1 Å². The summed E-state index contributed by atoms with van der Waals surface area (Å²) in [5, 5.41) is 0. The van der Waals surface area contributed by atoms with Gasteiger partial charge in [-0.05, 0) is 32.4 Å². The average molecular weight is 194 g/mol. The third kappa shape index (κ3) is 8.12. The largest absolute Gasteiger partial charge is 0.330 e. The third-order valence-electron chi connectivity index (χ3n) is 1.97.